The summed E-state index contributed by atoms with van der Waals surface area (Å²) in [5, 5.41) is 4.22. The average molecular weight is 334 g/mol. The van der Waals surface area contributed by atoms with Gasteiger partial charge in [0.05, 0.1) is 5.60 Å². The highest BCUT2D eigenvalue weighted by atomic mass is 35.5. The van der Waals surface area contributed by atoms with Crippen LogP contribution in [0.25, 0.3) is 6.08 Å². The molecule has 1 spiro atoms. The molecule has 1 heterocycles. The fraction of sp³-hybridized carbons (Fsp3) is 0.600. The standard InChI is InChI=1S/C20H28ClNO/c1-3-16-6-7-17(14-18(16)21)19(15-22-2)9-11-20(12-10-19)8-4-5-13-23-20/h3,6-7,14,22H,1,4-5,8-13,15H2,2H3. The third-order valence-corrected chi connectivity index (χ3v) is 6.23. The zero-order chi connectivity index (χ0) is 16.3. The Balaban J connectivity index is 1.84. The van der Waals surface area contributed by atoms with Crippen LogP contribution in [0, 0.1) is 0 Å². The lowest BCUT2D eigenvalue weighted by Crippen LogP contribution is -2.48. The van der Waals surface area contributed by atoms with Gasteiger partial charge in [-0.2, -0.15) is 0 Å². The summed E-state index contributed by atoms with van der Waals surface area (Å²) in [5.74, 6) is 0. The number of hydrogen-bond donors (Lipinski definition) is 1. The van der Waals surface area contributed by atoms with E-state index in [1.54, 1.807) is 0 Å². The summed E-state index contributed by atoms with van der Waals surface area (Å²) in [7, 11) is 2.04. The van der Waals surface area contributed by atoms with Crippen molar-refractivity contribution in [2.45, 2.75) is 56.0 Å². The number of benzene rings is 1. The smallest absolute Gasteiger partial charge is 0.0683 e. The zero-order valence-electron chi connectivity index (χ0n) is 14.2. The molecule has 1 aromatic carbocycles. The van der Waals surface area contributed by atoms with Crippen molar-refractivity contribution >= 4 is 17.7 Å². The number of rotatable bonds is 4. The predicted molar refractivity (Wildman–Crippen MR) is 98.1 cm³/mol. The Kier molecular flexibility index (Phi) is 5.15. The molecule has 0 aromatic heterocycles. The first kappa shape index (κ1) is 17.0. The van der Waals surface area contributed by atoms with Gasteiger partial charge in [0.1, 0.15) is 0 Å². The van der Waals surface area contributed by atoms with Crippen LogP contribution < -0.4 is 5.32 Å². The third kappa shape index (κ3) is 3.35. The van der Waals surface area contributed by atoms with Crippen molar-refractivity contribution in [2.75, 3.05) is 20.2 Å². The fourth-order valence-corrected chi connectivity index (χ4v) is 4.67. The lowest BCUT2D eigenvalue weighted by Gasteiger charge is -2.48. The summed E-state index contributed by atoms with van der Waals surface area (Å²) in [6.45, 7) is 5.77. The van der Waals surface area contributed by atoms with E-state index in [0.717, 1.165) is 49.4 Å². The summed E-state index contributed by atoms with van der Waals surface area (Å²) in [6, 6.07) is 6.49. The SMILES string of the molecule is C=Cc1ccc(C2(CNC)CCC3(CCCCO3)CC2)cc1Cl. The van der Waals surface area contributed by atoms with Gasteiger partial charge in [-0.25, -0.2) is 0 Å². The van der Waals surface area contributed by atoms with Crippen LogP contribution in [-0.4, -0.2) is 25.8 Å². The second-order valence-electron chi connectivity index (χ2n) is 7.24. The molecule has 1 saturated carbocycles. The van der Waals surface area contributed by atoms with Crippen LogP contribution in [-0.2, 0) is 10.2 Å². The molecular weight excluding hydrogens is 306 g/mol. The highest BCUT2D eigenvalue weighted by Gasteiger charge is 2.44. The van der Waals surface area contributed by atoms with Gasteiger partial charge in [-0.05, 0) is 69.2 Å². The number of ether oxygens (including phenoxy) is 1. The number of hydrogen-bond acceptors (Lipinski definition) is 2. The van der Waals surface area contributed by atoms with Crippen LogP contribution >= 0.6 is 11.6 Å². The van der Waals surface area contributed by atoms with Gasteiger partial charge in [0, 0.05) is 23.6 Å². The van der Waals surface area contributed by atoms with Crippen molar-refractivity contribution in [3.05, 3.63) is 40.9 Å². The first-order valence-electron chi connectivity index (χ1n) is 8.84. The second-order valence-corrected chi connectivity index (χ2v) is 7.65. The molecule has 0 atom stereocenters. The minimum absolute atomic E-state index is 0.153. The normalized spacial score (nSPS) is 31.2. The average Bonchev–Trinajstić information content (AvgIpc) is 2.58. The van der Waals surface area contributed by atoms with Crippen LogP contribution in [0.5, 0.6) is 0 Å². The van der Waals surface area contributed by atoms with Crippen molar-refractivity contribution in [3.63, 3.8) is 0 Å². The lowest BCUT2D eigenvalue weighted by atomic mass is 9.63. The Morgan fingerprint density at radius 1 is 1.22 bits per heavy atom. The van der Waals surface area contributed by atoms with E-state index in [2.05, 4.69) is 30.1 Å². The van der Waals surface area contributed by atoms with Crippen molar-refractivity contribution in [2.24, 2.45) is 0 Å². The van der Waals surface area contributed by atoms with Gasteiger partial charge < -0.3 is 10.1 Å². The number of likely N-dealkylation sites (N-methyl/N-ethyl adjacent to an activating group) is 1. The first-order chi connectivity index (χ1) is 11.1. The molecule has 126 valence electrons. The maximum absolute atomic E-state index is 6.44. The maximum Gasteiger partial charge on any atom is 0.0683 e. The summed E-state index contributed by atoms with van der Waals surface area (Å²) < 4.78 is 6.21. The van der Waals surface area contributed by atoms with Gasteiger partial charge in [0.25, 0.3) is 0 Å². The van der Waals surface area contributed by atoms with Crippen LogP contribution in [0.3, 0.4) is 0 Å². The zero-order valence-corrected chi connectivity index (χ0v) is 14.9. The maximum atomic E-state index is 6.44. The van der Waals surface area contributed by atoms with Gasteiger partial charge in [-0.1, -0.05) is 36.4 Å². The molecule has 3 rings (SSSR count). The molecule has 1 aliphatic carbocycles. The van der Waals surface area contributed by atoms with E-state index in [0.29, 0.717) is 0 Å². The summed E-state index contributed by atoms with van der Waals surface area (Å²) in [4.78, 5) is 0. The predicted octanol–water partition coefficient (Wildman–Crippen LogP) is 4.95. The van der Waals surface area contributed by atoms with Crippen molar-refractivity contribution in [1.82, 2.24) is 5.32 Å². The Bertz CT molecular complexity index is 553. The van der Waals surface area contributed by atoms with Crippen molar-refractivity contribution in [1.29, 1.82) is 0 Å². The van der Waals surface area contributed by atoms with E-state index in [1.807, 2.05) is 13.1 Å². The molecule has 1 saturated heterocycles. The van der Waals surface area contributed by atoms with Gasteiger partial charge >= 0.3 is 0 Å². The summed E-state index contributed by atoms with van der Waals surface area (Å²) >= 11 is 6.44. The van der Waals surface area contributed by atoms with Gasteiger partial charge in [0.2, 0.25) is 0 Å². The Morgan fingerprint density at radius 3 is 2.57 bits per heavy atom. The molecule has 0 radical (unpaired) electrons. The Morgan fingerprint density at radius 2 is 2.00 bits per heavy atom. The molecule has 0 unspecified atom stereocenters. The Labute approximate surface area is 145 Å². The molecule has 23 heavy (non-hydrogen) atoms. The first-order valence-corrected chi connectivity index (χ1v) is 9.22. The van der Waals surface area contributed by atoms with Crippen LogP contribution in [0.1, 0.15) is 56.1 Å². The summed E-state index contributed by atoms with van der Waals surface area (Å²) in [6.07, 6.45) is 10.3. The topological polar surface area (TPSA) is 21.3 Å². The molecule has 2 fully saturated rings. The van der Waals surface area contributed by atoms with E-state index in [-0.39, 0.29) is 11.0 Å². The van der Waals surface area contributed by atoms with Gasteiger partial charge in [-0.15, -0.1) is 0 Å². The summed E-state index contributed by atoms with van der Waals surface area (Å²) in [5.41, 5.74) is 2.69. The number of halogens is 1. The highest BCUT2D eigenvalue weighted by molar-refractivity contribution is 6.32. The molecule has 2 nitrogen and oxygen atoms in total. The van der Waals surface area contributed by atoms with E-state index in [1.165, 1.54) is 24.8 Å². The molecule has 0 amide bonds. The second kappa shape index (κ2) is 6.96. The third-order valence-electron chi connectivity index (χ3n) is 5.90. The molecular formula is C20H28ClNO. The van der Waals surface area contributed by atoms with Crippen molar-refractivity contribution in [3.8, 4) is 0 Å². The minimum Gasteiger partial charge on any atom is -0.375 e. The monoisotopic (exact) mass is 333 g/mol. The van der Waals surface area contributed by atoms with E-state index in [4.69, 9.17) is 16.3 Å². The molecule has 1 N–H and O–H groups in total. The molecule has 0 bridgehead atoms. The van der Waals surface area contributed by atoms with Crippen molar-refractivity contribution < 1.29 is 4.74 Å². The fourth-order valence-electron chi connectivity index (χ4n) is 4.42. The van der Waals surface area contributed by atoms with E-state index in [9.17, 15) is 0 Å². The minimum atomic E-state index is 0.153. The van der Waals surface area contributed by atoms with E-state index < -0.39 is 0 Å². The van der Waals surface area contributed by atoms with Gasteiger partial charge in [-0.3, -0.25) is 0 Å². The quantitative estimate of drug-likeness (QED) is 0.841. The largest absolute Gasteiger partial charge is 0.375 e. The lowest BCUT2D eigenvalue weighted by molar-refractivity contribution is -0.109. The van der Waals surface area contributed by atoms with Crippen LogP contribution in [0.15, 0.2) is 24.8 Å². The molecule has 1 aromatic rings. The molecule has 3 heteroatoms. The van der Waals surface area contributed by atoms with E-state index >= 15 is 0 Å². The molecule has 2 aliphatic rings. The number of nitrogens with one attached hydrogen (secondary N) is 1. The van der Waals surface area contributed by atoms with Crippen LogP contribution in [0.2, 0.25) is 5.02 Å². The van der Waals surface area contributed by atoms with Gasteiger partial charge in [0.15, 0.2) is 0 Å². The van der Waals surface area contributed by atoms with Crippen LogP contribution in [0.4, 0.5) is 0 Å². The highest BCUT2D eigenvalue weighted by Crippen LogP contribution is 2.47. The Hall–Kier alpha value is -0.830. The molecule has 1 aliphatic heterocycles.